The number of carbonyl (C=O) groups excluding carboxylic acids is 1. The molecule has 2 aromatic rings. The van der Waals surface area contributed by atoms with Gasteiger partial charge in [-0.2, -0.15) is 0 Å². The fraction of sp³-hybridized carbons (Fsp3) is 0.235. The Morgan fingerprint density at radius 2 is 1.90 bits per heavy atom. The highest BCUT2D eigenvalue weighted by atomic mass is 16.3. The number of aliphatic hydroxyl groups is 1. The largest absolute Gasteiger partial charge is 0.394 e. The Bertz CT molecular complexity index is 584. The fourth-order valence-corrected chi connectivity index (χ4v) is 2.17. The third-order valence-electron chi connectivity index (χ3n) is 3.36. The number of aliphatic hydroxyl groups excluding tert-OH is 1. The molecule has 0 radical (unpaired) electrons. The van der Waals surface area contributed by atoms with E-state index in [0.29, 0.717) is 12.1 Å². The summed E-state index contributed by atoms with van der Waals surface area (Å²) in [6.45, 7) is 0.639. The van der Waals surface area contributed by atoms with Gasteiger partial charge in [0.2, 0.25) is 0 Å². The average Bonchev–Trinajstić information content (AvgIpc) is 2.56. The number of hydrogen-bond donors (Lipinski definition) is 3. The molecule has 4 nitrogen and oxygen atoms in total. The molecule has 0 heterocycles. The van der Waals surface area contributed by atoms with Crippen LogP contribution in [0.25, 0.3) is 0 Å². The molecular weight excluding hydrogens is 264 g/mol. The van der Waals surface area contributed by atoms with Crippen LogP contribution in [0.3, 0.4) is 0 Å². The fourth-order valence-electron chi connectivity index (χ4n) is 2.17. The van der Waals surface area contributed by atoms with E-state index in [4.69, 9.17) is 0 Å². The smallest absolute Gasteiger partial charge is 0.251 e. The Morgan fingerprint density at radius 1 is 1.14 bits per heavy atom. The van der Waals surface area contributed by atoms with Gasteiger partial charge in [-0.05, 0) is 23.3 Å². The van der Waals surface area contributed by atoms with E-state index in [-0.39, 0.29) is 18.6 Å². The van der Waals surface area contributed by atoms with Crippen molar-refractivity contribution in [2.45, 2.75) is 12.6 Å². The molecule has 0 aliphatic heterocycles. The minimum Gasteiger partial charge on any atom is -0.394 e. The second kappa shape index (κ2) is 7.57. The lowest BCUT2D eigenvalue weighted by Crippen LogP contribution is -2.25. The van der Waals surface area contributed by atoms with Gasteiger partial charge in [-0.1, -0.05) is 42.5 Å². The average molecular weight is 284 g/mol. The third kappa shape index (κ3) is 4.15. The molecule has 21 heavy (non-hydrogen) atoms. The second-order valence-corrected chi connectivity index (χ2v) is 4.81. The molecule has 1 atom stereocenters. The Morgan fingerprint density at radius 3 is 2.57 bits per heavy atom. The zero-order chi connectivity index (χ0) is 15.1. The summed E-state index contributed by atoms with van der Waals surface area (Å²) in [5.41, 5.74) is 2.64. The first-order valence-electron chi connectivity index (χ1n) is 6.95. The molecule has 0 fully saturated rings. The van der Waals surface area contributed by atoms with Gasteiger partial charge in [0.1, 0.15) is 0 Å². The van der Waals surface area contributed by atoms with E-state index in [1.807, 2.05) is 42.5 Å². The molecule has 1 unspecified atom stereocenters. The molecule has 0 aromatic heterocycles. The molecule has 0 spiro atoms. The van der Waals surface area contributed by atoms with Crippen LogP contribution in [-0.4, -0.2) is 24.7 Å². The van der Waals surface area contributed by atoms with E-state index < -0.39 is 0 Å². The number of carbonyl (C=O) groups is 1. The second-order valence-electron chi connectivity index (χ2n) is 4.81. The first-order chi connectivity index (χ1) is 10.2. The van der Waals surface area contributed by atoms with Gasteiger partial charge >= 0.3 is 0 Å². The summed E-state index contributed by atoms with van der Waals surface area (Å²) >= 11 is 0. The molecule has 0 saturated carbocycles. The van der Waals surface area contributed by atoms with Gasteiger partial charge in [0.15, 0.2) is 0 Å². The van der Waals surface area contributed by atoms with Crippen molar-refractivity contribution in [3.63, 3.8) is 0 Å². The van der Waals surface area contributed by atoms with Gasteiger partial charge in [0.05, 0.1) is 12.6 Å². The molecule has 2 rings (SSSR count). The Balaban J connectivity index is 2.08. The number of rotatable bonds is 6. The van der Waals surface area contributed by atoms with E-state index in [9.17, 15) is 9.90 Å². The van der Waals surface area contributed by atoms with Crippen LogP contribution in [0.15, 0.2) is 54.6 Å². The summed E-state index contributed by atoms with van der Waals surface area (Å²) in [6, 6.07) is 17.1. The molecule has 2 aromatic carbocycles. The molecule has 0 saturated heterocycles. The highest BCUT2D eigenvalue weighted by molar-refractivity contribution is 5.94. The van der Waals surface area contributed by atoms with E-state index >= 15 is 0 Å². The lowest BCUT2D eigenvalue weighted by Gasteiger charge is -2.17. The van der Waals surface area contributed by atoms with Crippen LogP contribution in [-0.2, 0) is 6.54 Å². The van der Waals surface area contributed by atoms with Crippen molar-refractivity contribution in [2.75, 3.05) is 13.7 Å². The predicted octanol–water partition coefficient (Wildman–Crippen LogP) is 1.87. The molecule has 110 valence electrons. The van der Waals surface area contributed by atoms with Crippen LogP contribution in [0, 0.1) is 0 Å². The minimum atomic E-state index is -0.199. The van der Waals surface area contributed by atoms with E-state index in [2.05, 4.69) is 10.6 Å². The topological polar surface area (TPSA) is 61.4 Å². The van der Waals surface area contributed by atoms with Crippen LogP contribution in [0.2, 0.25) is 0 Å². The van der Waals surface area contributed by atoms with Crippen molar-refractivity contribution in [1.82, 2.24) is 10.6 Å². The number of hydrogen-bond acceptors (Lipinski definition) is 3. The maximum atomic E-state index is 11.7. The summed E-state index contributed by atoms with van der Waals surface area (Å²) in [6.07, 6.45) is 0. The number of amides is 1. The first-order valence-corrected chi connectivity index (χ1v) is 6.95. The van der Waals surface area contributed by atoms with Crippen LogP contribution >= 0.6 is 0 Å². The van der Waals surface area contributed by atoms with Gasteiger partial charge in [-0.15, -0.1) is 0 Å². The van der Waals surface area contributed by atoms with Crippen LogP contribution in [0.1, 0.15) is 27.5 Å². The summed E-state index contributed by atoms with van der Waals surface area (Å²) in [5.74, 6) is -0.128. The Hall–Kier alpha value is -2.17. The maximum Gasteiger partial charge on any atom is 0.251 e. The zero-order valence-corrected chi connectivity index (χ0v) is 12.0. The van der Waals surface area contributed by atoms with E-state index in [0.717, 1.165) is 11.1 Å². The van der Waals surface area contributed by atoms with Crippen LogP contribution in [0.5, 0.6) is 0 Å². The summed E-state index contributed by atoms with van der Waals surface area (Å²) in [5, 5.41) is 15.5. The maximum absolute atomic E-state index is 11.7. The zero-order valence-electron chi connectivity index (χ0n) is 12.0. The van der Waals surface area contributed by atoms with Gasteiger partial charge in [-0.25, -0.2) is 0 Å². The third-order valence-corrected chi connectivity index (χ3v) is 3.36. The van der Waals surface area contributed by atoms with Crippen molar-refractivity contribution in [3.05, 3.63) is 71.3 Å². The van der Waals surface area contributed by atoms with Crippen molar-refractivity contribution in [1.29, 1.82) is 0 Å². The SMILES string of the molecule is CNC(=O)c1cccc(C(CO)NCc2ccccc2)c1. The van der Waals surface area contributed by atoms with Crippen LogP contribution in [0.4, 0.5) is 0 Å². The molecule has 4 heteroatoms. The standard InChI is InChI=1S/C17H20N2O2/c1-18-17(21)15-9-5-8-14(10-15)16(12-20)19-11-13-6-3-2-4-7-13/h2-10,16,19-20H,11-12H2,1H3,(H,18,21). The van der Waals surface area contributed by atoms with E-state index in [1.165, 1.54) is 0 Å². The monoisotopic (exact) mass is 284 g/mol. The lowest BCUT2D eigenvalue weighted by atomic mass is 10.0. The Labute approximate surface area is 124 Å². The predicted molar refractivity (Wildman–Crippen MR) is 82.9 cm³/mol. The summed E-state index contributed by atoms with van der Waals surface area (Å²) in [7, 11) is 1.60. The molecule has 1 amide bonds. The minimum absolute atomic E-state index is 0.0238. The van der Waals surface area contributed by atoms with Crippen LogP contribution < -0.4 is 10.6 Å². The normalized spacial score (nSPS) is 11.9. The van der Waals surface area contributed by atoms with Gasteiger partial charge in [0.25, 0.3) is 5.91 Å². The van der Waals surface area contributed by atoms with Gasteiger partial charge in [-0.3, -0.25) is 4.79 Å². The highest BCUT2D eigenvalue weighted by Gasteiger charge is 2.12. The summed E-state index contributed by atoms with van der Waals surface area (Å²) < 4.78 is 0. The first kappa shape index (κ1) is 15.2. The van der Waals surface area contributed by atoms with Gasteiger partial charge in [0, 0.05) is 19.2 Å². The lowest BCUT2D eigenvalue weighted by molar-refractivity contribution is 0.0963. The highest BCUT2D eigenvalue weighted by Crippen LogP contribution is 2.15. The number of nitrogens with one attached hydrogen (secondary N) is 2. The van der Waals surface area contributed by atoms with Crippen molar-refractivity contribution in [3.8, 4) is 0 Å². The molecule has 0 aliphatic carbocycles. The molecular formula is C17H20N2O2. The number of benzene rings is 2. The van der Waals surface area contributed by atoms with Crippen molar-refractivity contribution < 1.29 is 9.90 Å². The van der Waals surface area contributed by atoms with Gasteiger partial charge < -0.3 is 15.7 Å². The molecule has 0 aliphatic rings. The Kier molecular flexibility index (Phi) is 5.49. The quantitative estimate of drug-likeness (QED) is 0.759. The van der Waals surface area contributed by atoms with Crippen molar-refractivity contribution in [2.24, 2.45) is 0 Å². The van der Waals surface area contributed by atoms with E-state index in [1.54, 1.807) is 19.2 Å². The molecule has 3 N–H and O–H groups in total. The van der Waals surface area contributed by atoms with Crippen molar-refractivity contribution >= 4 is 5.91 Å². The molecule has 0 bridgehead atoms. The summed E-state index contributed by atoms with van der Waals surface area (Å²) in [4.78, 5) is 11.7.